The van der Waals surface area contributed by atoms with E-state index in [0.717, 1.165) is 12.8 Å². The summed E-state index contributed by atoms with van der Waals surface area (Å²) < 4.78 is 4.95. The molecule has 0 aromatic heterocycles. The molecule has 0 saturated carbocycles. The van der Waals surface area contributed by atoms with Gasteiger partial charge in [0, 0.05) is 12.5 Å². The Morgan fingerprint density at radius 1 is 1.90 bits per heavy atom. The molecule has 10 heavy (non-hydrogen) atoms. The van der Waals surface area contributed by atoms with Crippen LogP contribution in [0.4, 0.5) is 0 Å². The van der Waals surface area contributed by atoms with Crippen LogP contribution in [0.2, 0.25) is 0 Å². The lowest BCUT2D eigenvalue weighted by Gasteiger charge is -2.15. The third-order valence-corrected chi connectivity index (χ3v) is 1.86. The van der Waals surface area contributed by atoms with Gasteiger partial charge in [-0.2, -0.15) is 0 Å². The van der Waals surface area contributed by atoms with Gasteiger partial charge in [-0.15, -0.1) is 0 Å². The van der Waals surface area contributed by atoms with E-state index in [9.17, 15) is 4.79 Å². The molecule has 3 nitrogen and oxygen atoms in total. The van der Waals surface area contributed by atoms with Gasteiger partial charge in [0.1, 0.15) is 6.10 Å². The Morgan fingerprint density at radius 2 is 2.60 bits per heavy atom. The first-order valence-corrected chi connectivity index (χ1v) is 3.69. The number of carbonyl (C=O) groups is 1. The minimum Gasteiger partial charge on any atom is -0.461 e. The largest absolute Gasteiger partial charge is 0.461 e. The predicted octanol–water partition coefficient (Wildman–Crippen LogP) is 0.429. The van der Waals surface area contributed by atoms with Crippen LogP contribution in [0.25, 0.3) is 0 Å². The van der Waals surface area contributed by atoms with Gasteiger partial charge in [-0.25, -0.2) is 0 Å². The SMILES string of the molecule is CCC(N)C1CCC(=O)O1. The number of carbonyl (C=O) groups excluding carboxylic acids is 1. The van der Waals surface area contributed by atoms with Gasteiger partial charge in [-0.1, -0.05) is 6.92 Å². The molecule has 58 valence electrons. The smallest absolute Gasteiger partial charge is 0.306 e. The number of nitrogens with two attached hydrogens (primary N) is 1. The molecule has 0 amide bonds. The number of hydrogen-bond donors (Lipinski definition) is 1. The van der Waals surface area contributed by atoms with Crippen LogP contribution in [-0.4, -0.2) is 18.1 Å². The van der Waals surface area contributed by atoms with Crippen LogP contribution >= 0.6 is 0 Å². The fourth-order valence-corrected chi connectivity index (χ4v) is 1.11. The van der Waals surface area contributed by atoms with E-state index < -0.39 is 0 Å². The van der Waals surface area contributed by atoms with Gasteiger partial charge in [-0.3, -0.25) is 4.79 Å². The zero-order chi connectivity index (χ0) is 7.56. The number of ether oxygens (including phenoxy) is 1. The van der Waals surface area contributed by atoms with E-state index in [-0.39, 0.29) is 18.1 Å². The molecule has 0 bridgehead atoms. The topological polar surface area (TPSA) is 52.3 Å². The molecule has 1 aliphatic rings. The summed E-state index contributed by atoms with van der Waals surface area (Å²) in [5, 5.41) is 0. The predicted molar refractivity (Wildman–Crippen MR) is 37.4 cm³/mol. The fraction of sp³-hybridized carbons (Fsp3) is 0.857. The zero-order valence-corrected chi connectivity index (χ0v) is 6.17. The molecule has 1 rings (SSSR count). The summed E-state index contributed by atoms with van der Waals surface area (Å²) >= 11 is 0. The highest BCUT2D eigenvalue weighted by Crippen LogP contribution is 2.16. The normalized spacial score (nSPS) is 28.2. The standard InChI is InChI=1S/C7H13NO2/c1-2-5(8)6-3-4-7(9)10-6/h5-6H,2-4,8H2,1H3. The third-order valence-electron chi connectivity index (χ3n) is 1.86. The lowest BCUT2D eigenvalue weighted by Crippen LogP contribution is -2.33. The van der Waals surface area contributed by atoms with Crippen LogP contribution in [-0.2, 0) is 9.53 Å². The molecule has 1 aliphatic heterocycles. The molecule has 2 N–H and O–H groups in total. The van der Waals surface area contributed by atoms with E-state index in [0.29, 0.717) is 6.42 Å². The van der Waals surface area contributed by atoms with Gasteiger partial charge in [0.2, 0.25) is 0 Å². The van der Waals surface area contributed by atoms with Crippen LogP contribution in [0.3, 0.4) is 0 Å². The van der Waals surface area contributed by atoms with Gasteiger partial charge in [0.25, 0.3) is 0 Å². The Bertz CT molecular complexity index is 136. The highest BCUT2D eigenvalue weighted by atomic mass is 16.5. The minimum absolute atomic E-state index is 0.0162. The van der Waals surface area contributed by atoms with E-state index in [2.05, 4.69) is 0 Å². The Kier molecular flexibility index (Phi) is 2.27. The lowest BCUT2D eigenvalue weighted by atomic mass is 10.1. The Morgan fingerprint density at radius 3 is 3.00 bits per heavy atom. The molecular weight excluding hydrogens is 130 g/mol. The highest BCUT2D eigenvalue weighted by Gasteiger charge is 2.27. The van der Waals surface area contributed by atoms with Crippen LogP contribution in [0.1, 0.15) is 26.2 Å². The summed E-state index contributed by atoms with van der Waals surface area (Å²) in [6, 6.07) is 0.0337. The summed E-state index contributed by atoms with van der Waals surface area (Å²) in [6.45, 7) is 2.00. The zero-order valence-electron chi connectivity index (χ0n) is 6.17. The van der Waals surface area contributed by atoms with E-state index in [1.165, 1.54) is 0 Å². The molecule has 1 heterocycles. The molecule has 0 aromatic carbocycles. The summed E-state index contributed by atoms with van der Waals surface area (Å²) in [5.41, 5.74) is 5.66. The van der Waals surface area contributed by atoms with Crippen molar-refractivity contribution in [3.63, 3.8) is 0 Å². The molecule has 0 aliphatic carbocycles. The maximum absolute atomic E-state index is 10.6. The molecule has 0 spiro atoms. The molecule has 0 aromatic rings. The van der Waals surface area contributed by atoms with Crippen molar-refractivity contribution in [3.05, 3.63) is 0 Å². The maximum Gasteiger partial charge on any atom is 0.306 e. The summed E-state index contributed by atoms with van der Waals surface area (Å²) in [6.07, 6.45) is 2.20. The van der Waals surface area contributed by atoms with E-state index in [1.807, 2.05) is 6.92 Å². The van der Waals surface area contributed by atoms with Crippen molar-refractivity contribution in [2.75, 3.05) is 0 Å². The summed E-state index contributed by atoms with van der Waals surface area (Å²) in [4.78, 5) is 10.6. The van der Waals surface area contributed by atoms with Crippen molar-refractivity contribution in [3.8, 4) is 0 Å². The number of rotatable bonds is 2. The molecule has 2 atom stereocenters. The van der Waals surface area contributed by atoms with Crippen molar-refractivity contribution in [1.29, 1.82) is 0 Å². The lowest BCUT2D eigenvalue weighted by molar-refractivity contribution is -0.142. The van der Waals surface area contributed by atoms with Crippen molar-refractivity contribution >= 4 is 5.97 Å². The quantitative estimate of drug-likeness (QED) is 0.570. The highest BCUT2D eigenvalue weighted by molar-refractivity contribution is 5.71. The maximum atomic E-state index is 10.6. The van der Waals surface area contributed by atoms with E-state index in [1.54, 1.807) is 0 Å². The summed E-state index contributed by atoms with van der Waals surface area (Å²) in [5.74, 6) is -0.103. The first kappa shape index (κ1) is 7.54. The second kappa shape index (κ2) is 3.01. The number of hydrogen-bond acceptors (Lipinski definition) is 3. The van der Waals surface area contributed by atoms with Gasteiger partial charge in [0.15, 0.2) is 0 Å². The molecule has 0 radical (unpaired) electrons. The molecule has 1 saturated heterocycles. The first-order valence-electron chi connectivity index (χ1n) is 3.69. The van der Waals surface area contributed by atoms with Gasteiger partial charge in [0.05, 0.1) is 0 Å². The summed E-state index contributed by atoms with van der Waals surface area (Å²) in [7, 11) is 0. The average Bonchev–Trinajstić information content (AvgIpc) is 2.34. The van der Waals surface area contributed by atoms with E-state index >= 15 is 0 Å². The Hall–Kier alpha value is -0.570. The van der Waals surface area contributed by atoms with Crippen molar-refractivity contribution in [1.82, 2.24) is 0 Å². The van der Waals surface area contributed by atoms with Crippen molar-refractivity contribution < 1.29 is 9.53 Å². The van der Waals surface area contributed by atoms with Crippen LogP contribution in [0, 0.1) is 0 Å². The molecule has 2 unspecified atom stereocenters. The van der Waals surface area contributed by atoms with Gasteiger partial charge in [-0.05, 0) is 12.8 Å². The van der Waals surface area contributed by atoms with Crippen molar-refractivity contribution in [2.45, 2.75) is 38.3 Å². The van der Waals surface area contributed by atoms with E-state index in [4.69, 9.17) is 10.5 Å². The van der Waals surface area contributed by atoms with Crippen LogP contribution in [0.15, 0.2) is 0 Å². The fourth-order valence-electron chi connectivity index (χ4n) is 1.11. The number of esters is 1. The Balaban J connectivity index is 2.36. The van der Waals surface area contributed by atoms with Gasteiger partial charge >= 0.3 is 5.97 Å². The Labute approximate surface area is 60.5 Å². The van der Waals surface area contributed by atoms with Gasteiger partial charge < -0.3 is 10.5 Å². The second-order valence-corrected chi connectivity index (χ2v) is 2.64. The molecule has 3 heteroatoms. The monoisotopic (exact) mass is 143 g/mol. The minimum atomic E-state index is -0.103. The van der Waals surface area contributed by atoms with Crippen LogP contribution in [0.5, 0.6) is 0 Å². The average molecular weight is 143 g/mol. The third kappa shape index (κ3) is 1.48. The number of cyclic esters (lactones) is 1. The molecule has 1 fully saturated rings. The van der Waals surface area contributed by atoms with Crippen molar-refractivity contribution in [2.24, 2.45) is 5.73 Å². The molecular formula is C7H13NO2. The first-order chi connectivity index (χ1) is 4.74. The van der Waals surface area contributed by atoms with Crippen LogP contribution < -0.4 is 5.73 Å². The second-order valence-electron chi connectivity index (χ2n) is 2.64.